The number of rotatable bonds is 3. The standard InChI is InChI=1S/C15H17ClN2O/c1-19-9-15-12-7-6-10(8-14(12)17-18-15)11-4-2-3-5-13(11)16/h2-5,10H,6-9H2,1H3,(H,17,18). The first-order chi connectivity index (χ1) is 9.29. The predicted molar refractivity (Wildman–Crippen MR) is 75.5 cm³/mol. The van der Waals surface area contributed by atoms with Gasteiger partial charge in [-0.25, -0.2) is 0 Å². The third-order valence-corrected chi connectivity index (χ3v) is 4.20. The average molecular weight is 277 g/mol. The molecule has 0 amide bonds. The van der Waals surface area contributed by atoms with Gasteiger partial charge in [-0.3, -0.25) is 5.10 Å². The molecule has 1 aromatic carbocycles. The zero-order valence-electron chi connectivity index (χ0n) is 10.9. The molecule has 0 fully saturated rings. The smallest absolute Gasteiger partial charge is 0.0913 e. The van der Waals surface area contributed by atoms with Crippen LogP contribution in [-0.2, 0) is 24.2 Å². The second-order valence-corrected chi connectivity index (χ2v) is 5.43. The fourth-order valence-corrected chi connectivity index (χ4v) is 3.19. The molecule has 0 saturated carbocycles. The van der Waals surface area contributed by atoms with Gasteiger partial charge in [0.05, 0.1) is 12.3 Å². The minimum atomic E-state index is 0.483. The lowest BCUT2D eigenvalue weighted by molar-refractivity contribution is 0.180. The minimum Gasteiger partial charge on any atom is -0.378 e. The van der Waals surface area contributed by atoms with Crippen molar-refractivity contribution >= 4 is 11.6 Å². The van der Waals surface area contributed by atoms with E-state index in [-0.39, 0.29) is 0 Å². The molecule has 0 aliphatic heterocycles. The van der Waals surface area contributed by atoms with Gasteiger partial charge in [0.15, 0.2) is 0 Å². The summed E-state index contributed by atoms with van der Waals surface area (Å²) in [5.74, 6) is 0.483. The highest BCUT2D eigenvalue weighted by molar-refractivity contribution is 6.31. The molecule has 3 nitrogen and oxygen atoms in total. The molecular formula is C15H17ClN2O. The van der Waals surface area contributed by atoms with Crippen molar-refractivity contribution in [3.8, 4) is 0 Å². The van der Waals surface area contributed by atoms with Gasteiger partial charge in [-0.1, -0.05) is 29.8 Å². The van der Waals surface area contributed by atoms with E-state index in [9.17, 15) is 0 Å². The van der Waals surface area contributed by atoms with Crippen LogP contribution in [0.4, 0.5) is 0 Å². The highest BCUT2D eigenvalue weighted by Crippen LogP contribution is 2.36. The summed E-state index contributed by atoms with van der Waals surface area (Å²) >= 11 is 6.29. The van der Waals surface area contributed by atoms with Crippen molar-refractivity contribution in [3.63, 3.8) is 0 Å². The summed E-state index contributed by atoms with van der Waals surface area (Å²) in [6, 6.07) is 8.13. The molecule has 1 N–H and O–H groups in total. The van der Waals surface area contributed by atoms with Gasteiger partial charge in [0.2, 0.25) is 0 Å². The third kappa shape index (κ3) is 2.40. The number of nitrogens with one attached hydrogen (secondary N) is 1. The van der Waals surface area contributed by atoms with E-state index in [1.54, 1.807) is 7.11 Å². The molecule has 0 bridgehead atoms. The molecule has 1 unspecified atom stereocenters. The molecule has 4 heteroatoms. The van der Waals surface area contributed by atoms with Crippen LogP contribution in [0.1, 0.15) is 34.9 Å². The topological polar surface area (TPSA) is 37.9 Å². The normalized spacial score (nSPS) is 18.3. The number of aromatic nitrogens is 2. The van der Waals surface area contributed by atoms with Crippen LogP contribution in [0.25, 0.3) is 0 Å². The van der Waals surface area contributed by atoms with Crippen LogP contribution in [0, 0.1) is 0 Å². The van der Waals surface area contributed by atoms with E-state index >= 15 is 0 Å². The zero-order chi connectivity index (χ0) is 13.2. The molecule has 0 saturated heterocycles. The van der Waals surface area contributed by atoms with Gasteiger partial charge in [-0.2, -0.15) is 5.10 Å². The number of hydrogen-bond donors (Lipinski definition) is 1. The van der Waals surface area contributed by atoms with Gasteiger partial charge in [0.25, 0.3) is 0 Å². The Morgan fingerprint density at radius 3 is 3.05 bits per heavy atom. The second kappa shape index (κ2) is 5.35. The molecule has 19 heavy (non-hydrogen) atoms. The highest BCUT2D eigenvalue weighted by Gasteiger charge is 2.25. The summed E-state index contributed by atoms with van der Waals surface area (Å²) in [4.78, 5) is 0. The van der Waals surface area contributed by atoms with E-state index in [1.165, 1.54) is 16.8 Å². The summed E-state index contributed by atoms with van der Waals surface area (Å²) in [5.41, 5.74) is 4.88. The first kappa shape index (κ1) is 12.7. The van der Waals surface area contributed by atoms with E-state index in [0.717, 1.165) is 30.0 Å². The largest absolute Gasteiger partial charge is 0.378 e. The molecule has 0 spiro atoms. The van der Waals surface area contributed by atoms with Crippen molar-refractivity contribution in [1.82, 2.24) is 10.2 Å². The lowest BCUT2D eigenvalue weighted by Gasteiger charge is -2.23. The van der Waals surface area contributed by atoms with Crippen molar-refractivity contribution in [2.24, 2.45) is 0 Å². The summed E-state index contributed by atoms with van der Waals surface area (Å²) < 4.78 is 5.18. The van der Waals surface area contributed by atoms with Crippen molar-refractivity contribution in [2.45, 2.75) is 31.8 Å². The molecule has 100 valence electrons. The molecule has 1 aliphatic carbocycles. The predicted octanol–water partition coefficient (Wildman–Crippen LogP) is 3.48. The number of aromatic amines is 1. The number of hydrogen-bond acceptors (Lipinski definition) is 2. The van der Waals surface area contributed by atoms with Gasteiger partial charge in [0, 0.05) is 17.8 Å². The average Bonchev–Trinajstić information content (AvgIpc) is 2.82. The molecule has 1 aliphatic rings. The molecule has 3 rings (SSSR count). The van der Waals surface area contributed by atoms with Crippen molar-refractivity contribution in [2.75, 3.05) is 7.11 Å². The monoisotopic (exact) mass is 276 g/mol. The minimum absolute atomic E-state index is 0.483. The Balaban J connectivity index is 1.85. The van der Waals surface area contributed by atoms with Crippen molar-refractivity contribution < 1.29 is 4.74 Å². The van der Waals surface area contributed by atoms with Crippen LogP contribution >= 0.6 is 11.6 Å². The van der Waals surface area contributed by atoms with Gasteiger partial charge in [0.1, 0.15) is 0 Å². The first-order valence-electron chi connectivity index (χ1n) is 6.58. The fourth-order valence-electron chi connectivity index (χ4n) is 2.90. The SMILES string of the molecule is COCc1n[nH]c2c1CCC(c1ccccc1Cl)C2. The Kier molecular flexibility index (Phi) is 3.58. The van der Waals surface area contributed by atoms with Gasteiger partial charge in [-0.05, 0) is 42.4 Å². The first-order valence-corrected chi connectivity index (χ1v) is 6.95. The number of nitrogens with zero attached hydrogens (tertiary/aromatic N) is 1. The van der Waals surface area contributed by atoms with E-state index < -0.39 is 0 Å². The van der Waals surface area contributed by atoms with E-state index in [2.05, 4.69) is 22.3 Å². The lowest BCUT2D eigenvalue weighted by Crippen LogP contribution is -2.13. The molecule has 1 aromatic heterocycles. The number of halogens is 1. The number of methoxy groups -OCH3 is 1. The molecule has 1 heterocycles. The van der Waals surface area contributed by atoms with Crippen LogP contribution in [0.15, 0.2) is 24.3 Å². The molecular weight excluding hydrogens is 260 g/mol. The maximum Gasteiger partial charge on any atom is 0.0913 e. The van der Waals surface area contributed by atoms with E-state index in [1.807, 2.05) is 12.1 Å². The molecule has 0 radical (unpaired) electrons. The van der Waals surface area contributed by atoms with E-state index in [0.29, 0.717) is 12.5 Å². The van der Waals surface area contributed by atoms with Crippen LogP contribution in [0.5, 0.6) is 0 Å². The van der Waals surface area contributed by atoms with Crippen LogP contribution in [0.3, 0.4) is 0 Å². The highest BCUT2D eigenvalue weighted by atomic mass is 35.5. The van der Waals surface area contributed by atoms with Gasteiger partial charge >= 0.3 is 0 Å². The molecule has 2 aromatic rings. The lowest BCUT2D eigenvalue weighted by atomic mass is 9.82. The number of benzene rings is 1. The summed E-state index contributed by atoms with van der Waals surface area (Å²) in [7, 11) is 1.70. The number of ether oxygens (including phenoxy) is 1. The summed E-state index contributed by atoms with van der Waals surface area (Å²) in [6.07, 6.45) is 3.14. The van der Waals surface area contributed by atoms with Crippen LogP contribution in [0.2, 0.25) is 5.02 Å². The Morgan fingerprint density at radius 1 is 1.42 bits per heavy atom. The fraction of sp³-hybridized carbons (Fsp3) is 0.400. The van der Waals surface area contributed by atoms with Gasteiger partial charge < -0.3 is 4.74 Å². The second-order valence-electron chi connectivity index (χ2n) is 5.02. The maximum absolute atomic E-state index is 6.29. The zero-order valence-corrected chi connectivity index (χ0v) is 11.7. The van der Waals surface area contributed by atoms with Gasteiger partial charge in [-0.15, -0.1) is 0 Å². The van der Waals surface area contributed by atoms with Crippen LogP contribution in [-0.4, -0.2) is 17.3 Å². The van der Waals surface area contributed by atoms with Crippen molar-refractivity contribution in [3.05, 3.63) is 51.8 Å². The number of fused-ring (bicyclic) bond motifs is 1. The van der Waals surface area contributed by atoms with Crippen LogP contribution < -0.4 is 0 Å². The Labute approximate surface area is 117 Å². The summed E-state index contributed by atoms with van der Waals surface area (Å²) in [6.45, 7) is 0.586. The van der Waals surface area contributed by atoms with Crippen molar-refractivity contribution in [1.29, 1.82) is 0 Å². The quantitative estimate of drug-likeness (QED) is 0.932. The molecule has 1 atom stereocenters. The van der Waals surface area contributed by atoms with E-state index in [4.69, 9.17) is 16.3 Å². The number of H-pyrrole nitrogens is 1. The third-order valence-electron chi connectivity index (χ3n) is 3.86. The summed E-state index contributed by atoms with van der Waals surface area (Å²) in [5, 5.41) is 8.38. The Hall–Kier alpha value is -1.32. The maximum atomic E-state index is 6.29. The Morgan fingerprint density at radius 2 is 2.26 bits per heavy atom. The Bertz CT molecular complexity index is 579.